The summed E-state index contributed by atoms with van der Waals surface area (Å²) in [5.74, 6) is 0. The molecular weight excluding hydrogens is 410 g/mol. The number of amides is 2. The topological polar surface area (TPSA) is 79.4 Å². The van der Waals surface area contributed by atoms with Gasteiger partial charge in [0.25, 0.3) is 10.0 Å². The molecule has 3 rings (SSSR count). The molecule has 0 fully saturated rings. The third kappa shape index (κ3) is 5.79. The van der Waals surface area contributed by atoms with Crippen molar-refractivity contribution >= 4 is 27.7 Å². The van der Waals surface area contributed by atoms with Crippen molar-refractivity contribution in [2.45, 2.75) is 24.9 Å². The molecule has 0 bridgehead atoms. The molecule has 0 saturated heterocycles. The predicted molar refractivity (Wildman–Crippen MR) is 112 cm³/mol. The van der Waals surface area contributed by atoms with Crippen LogP contribution in [0.1, 0.15) is 16.7 Å². The van der Waals surface area contributed by atoms with Crippen LogP contribution in [0.25, 0.3) is 0 Å². The Morgan fingerprint density at radius 1 is 1.00 bits per heavy atom. The Morgan fingerprint density at radius 2 is 1.66 bits per heavy atom. The number of rotatable bonds is 6. The van der Waals surface area contributed by atoms with Gasteiger partial charge in [0.1, 0.15) is 0 Å². The zero-order valence-electron chi connectivity index (χ0n) is 15.7. The van der Waals surface area contributed by atoms with Crippen molar-refractivity contribution in [1.29, 1.82) is 0 Å². The molecule has 2 amide bonds. The van der Waals surface area contributed by atoms with Gasteiger partial charge < -0.3 is 4.90 Å². The summed E-state index contributed by atoms with van der Waals surface area (Å²) < 4.78 is 27.4. The van der Waals surface area contributed by atoms with Crippen molar-refractivity contribution in [2.24, 2.45) is 0 Å². The Hall–Kier alpha value is -2.90. The van der Waals surface area contributed by atoms with Gasteiger partial charge in [0, 0.05) is 30.5 Å². The molecule has 2 aromatic carbocycles. The van der Waals surface area contributed by atoms with Crippen LogP contribution in [0.4, 0.5) is 4.79 Å². The van der Waals surface area contributed by atoms with E-state index in [-0.39, 0.29) is 18.0 Å². The number of urea groups is 1. The summed E-state index contributed by atoms with van der Waals surface area (Å²) in [7, 11) is -3.99. The van der Waals surface area contributed by atoms with E-state index in [9.17, 15) is 13.2 Å². The first-order chi connectivity index (χ1) is 13.8. The molecule has 0 aliphatic heterocycles. The van der Waals surface area contributed by atoms with Crippen molar-refractivity contribution in [3.63, 3.8) is 0 Å². The monoisotopic (exact) mass is 429 g/mol. The number of sulfonamides is 1. The van der Waals surface area contributed by atoms with Crippen LogP contribution in [0.15, 0.2) is 78.0 Å². The first-order valence-electron chi connectivity index (χ1n) is 8.85. The first kappa shape index (κ1) is 20.8. The number of hydrogen-bond acceptors (Lipinski definition) is 4. The number of nitrogens with one attached hydrogen (secondary N) is 1. The molecule has 0 aliphatic carbocycles. The Balaban J connectivity index is 1.82. The Labute approximate surface area is 175 Å². The third-order valence-electron chi connectivity index (χ3n) is 4.22. The number of hydrogen-bond donors (Lipinski definition) is 1. The maximum Gasteiger partial charge on any atom is 0.331 e. The molecule has 8 heteroatoms. The maximum atomic E-state index is 12.9. The van der Waals surface area contributed by atoms with Gasteiger partial charge in [-0.15, -0.1) is 0 Å². The van der Waals surface area contributed by atoms with E-state index in [0.29, 0.717) is 5.02 Å². The van der Waals surface area contributed by atoms with Crippen LogP contribution in [0.5, 0.6) is 0 Å². The number of carbonyl (C=O) groups is 1. The number of benzene rings is 2. The molecule has 0 unspecified atom stereocenters. The maximum absolute atomic E-state index is 12.9. The van der Waals surface area contributed by atoms with Crippen LogP contribution in [-0.4, -0.2) is 24.3 Å². The SMILES string of the molecule is Cc1ccc(S(=O)(=O)NC(=O)N(Cc2ccc(Cl)cc2)Cc2cccnc2)cc1. The van der Waals surface area contributed by atoms with Gasteiger partial charge in [0.2, 0.25) is 0 Å². The fourth-order valence-corrected chi connectivity index (χ4v) is 3.77. The van der Waals surface area contributed by atoms with Crippen LogP contribution in [0.2, 0.25) is 5.02 Å². The van der Waals surface area contributed by atoms with Crippen LogP contribution >= 0.6 is 11.6 Å². The van der Waals surface area contributed by atoms with Gasteiger partial charge in [-0.1, -0.05) is 47.5 Å². The van der Waals surface area contributed by atoms with Crippen LogP contribution in [0, 0.1) is 6.92 Å². The first-order valence-corrected chi connectivity index (χ1v) is 10.7. The number of aryl methyl sites for hydroxylation is 1. The van der Waals surface area contributed by atoms with Crippen molar-refractivity contribution in [2.75, 3.05) is 0 Å². The van der Waals surface area contributed by atoms with Gasteiger partial charge in [-0.3, -0.25) is 4.98 Å². The zero-order chi connectivity index (χ0) is 20.9. The van der Waals surface area contributed by atoms with E-state index in [2.05, 4.69) is 9.71 Å². The highest BCUT2D eigenvalue weighted by molar-refractivity contribution is 7.90. The van der Waals surface area contributed by atoms with Crippen molar-refractivity contribution < 1.29 is 13.2 Å². The summed E-state index contributed by atoms with van der Waals surface area (Å²) in [6, 6.07) is 16.2. The predicted octanol–water partition coefficient (Wildman–Crippen LogP) is 4.14. The van der Waals surface area contributed by atoms with Gasteiger partial charge in [-0.25, -0.2) is 17.9 Å². The van der Waals surface area contributed by atoms with Crippen molar-refractivity contribution in [3.8, 4) is 0 Å². The summed E-state index contributed by atoms with van der Waals surface area (Å²) in [4.78, 5) is 18.4. The van der Waals surface area contributed by atoms with Gasteiger partial charge >= 0.3 is 6.03 Å². The largest absolute Gasteiger partial charge is 0.331 e. The van der Waals surface area contributed by atoms with E-state index in [1.54, 1.807) is 54.9 Å². The molecule has 1 aromatic heterocycles. The average molecular weight is 430 g/mol. The molecule has 6 nitrogen and oxygen atoms in total. The van der Waals surface area contributed by atoms with Gasteiger partial charge in [0.15, 0.2) is 0 Å². The van der Waals surface area contributed by atoms with Crippen LogP contribution < -0.4 is 4.72 Å². The second-order valence-corrected chi connectivity index (χ2v) is 8.69. The molecule has 0 radical (unpaired) electrons. The minimum Gasteiger partial charge on any atom is -0.315 e. The fraction of sp³-hybridized carbons (Fsp3) is 0.143. The Morgan fingerprint density at radius 3 is 2.28 bits per heavy atom. The molecule has 0 spiro atoms. The van der Waals surface area contributed by atoms with E-state index in [1.165, 1.54) is 17.0 Å². The molecule has 0 atom stereocenters. The number of nitrogens with zero attached hydrogens (tertiary/aromatic N) is 2. The van der Waals surface area contributed by atoms with Crippen molar-refractivity contribution in [1.82, 2.24) is 14.6 Å². The highest BCUT2D eigenvalue weighted by Gasteiger charge is 2.22. The van der Waals surface area contributed by atoms with E-state index in [4.69, 9.17) is 11.6 Å². The second kappa shape index (κ2) is 9.07. The lowest BCUT2D eigenvalue weighted by Crippen LogP contribution is -2.42. The molecule has 150 valence electrons. The highest BCUT2D eigenvalue weighted by Crippen LogP contribution is 2.15. The smallest absolute Gasteiger partial charge is 0.315 e. The third-order valence-corrected chi connectivity index (χ3v) is 5.81. The van der Waals surface area contributed by atoms with Gasteiger partial charge in [-0.05, 0) is 48.4 Å². The molecule has 29 heavy (non-hydrogen) atoms. The van der Waals surface area contributed by atoms with Crippen LogP contribution in [-0.2, 0) is 23.1 Å². The quantitative estimate of drug-likeness (QED) is 0.638. The number of aromatic nitrogens is 1. The summed E-state index contributed by atoms with van der Waals surface area (Å²) in [5.41, 5.74) is 2.53. The lowest BCUT2D eigenvalue weighted by atomic mass is 10.2. The lowest BCUT2D eigenvalue weighted by molar-refractivity contribution is 0.198. The minimum absolute atomic E-state index is 0.0317. The van der Waals surface area contributed by atoms with Crippen molar-refractivity contribution in [3.05, 3.63) is 94.8 Å². The Bertz CT molecular complexity index is 1070. The average Bonchev–Trinajstić information content (AvgIpc) is 2.70. The summed E-state index contributed by atoms with van der Waals surface area (Å²) in [6.07, 6.45) is 3.27. The number of pyridine rings is 1. The molecule has 1 N–H and O–H groups in total. The summed E-state index contributed by atoms with van der Waals surface area (Å²) >= 11 is 5.93. The Kier molecular flexibility index (Phi) is 6.51. The second-order valence-electron chi connectivity index (χ2n) is 6.57. The van der Waals surface area contributed by atoms with E-state index in [0.717, 1.165) is 16.7 Å². The van der Waals surface area contributed by atoms with E-state index >= 15 is 0 Å². The minimum atomic E-state index is -3.99. The van der Waals surface area contributed by atoms with Gasteiger partial charge in [-0.2, -0.15) is 0 Å². The van der Waals surface area contributed by atoms with E-state index < -0.39 is 16.1 Å². The highest BCUT2D eigenvalue weighted by atomic mass is 35.5. The molecule has 3 aromatic rings. The van der Waals surface area contributed by atoms with E-state index in [1.807, 2.05) is 13.0 Å². The lowest BCUT2D eigenvalue weighted by Gasteiger charge is -2.23. The van der Waals surface area contributed by atoms with Crippen LogP contribution in [0.3, 0.4) is 0 Å². The standard InChI is InChI=1S/C21H20ClN3O3S/c1-16-4-10-20(11-5-16)29(27,28)24-21(26)25(15-18-3-2-12-23-13-18)14-17-6-8-19(22)9-7-17/h2-13H,14-15H2,1H3,(H,24,26). The molecular formula is C21H20ClN3O3S. The molecule has 0 aliphatic rings. The normalized spacial score (nSPS) is 11.1. The fourth-order valence-electron chi connectivity index (χ4n) is 2.68. The number of halogens is 1. The zero-order valence-corrected chi connectivity index (χ0v) is 17.3. The summed E-state index contributed by atoms with van der Waals surface area (Å²) in [5, 5.41) is 0.582. The molecule has 0 saturated carbocycles. The number of carbonyl (C=O) groups excluding carboxylic acids is 1. The molecule has 1 heterocycles. The summed E-state index contributed by atoms with van der Waals surface area (Å²) in [6.45, 7) is 2.27. The van der Waals surface area contributed by atoms with Gasteiger partial charge in [0.05, 0.1) is 4.90 Å².